The first-order valence-electron chi connectivity index (χ1n) is 9.51. The molecular formula is C19H26ClFN6. The summed E-state index contributed by atoms with van der Waals surface area (Å²) in [7, 11) is 0. The molecule has 1 atom stereocenters. The smallest absolute Gasteiger partial charge is 0.191 e. The molecule has 2 heterocycles. The van der Waals surface area contributed by atoms with E-state index in [9.17, 15) is 4.39 Å². The number of hydrogen-bond donors (Lipinski definition) is 2. The summed E-state index contributed by atoms with van der Waals surface area (Å²) in [6.07, 6.45) is 3.18. The van der Waals surface area contributed by atoms with E-state index in [2.05, 4.69) is 32.6 Å². The maximum atomic E-state index is 13.9. The zero-order chi connectivity index (χ0) is 19.2. The van der Waals surface area contributed by atoms with Crippen LogP contribution in [0, 0.1) is 5.82 Å². The number of aryl methyl sites for hydroxylation is 2. The van der Waals surface area contributed by atoms with E-state index in [1.54, 1.807) is 12.1 Å². The van der Waals surface area contributed by atoms with Gasteiger partial charge >= 0.3 is 0 Å². The largest absolute Gasteiger partial charge is 0.357 e. The van der Waals surface area contributed by atoms with E-state index >= 15 is 0 Å². The predicted molar refractivity (Wildman–Crippen MR) is 106 cm³/mol. The number of hydrogen-bond acceptors (Lipinski definition) is 3. The second-order valence-corrected chi connectivity index (χ2v) is 6.98. The lowest BCUT2D eigenvalue weighted by molar-refractivity contribution is 0.392. The van der Waals surface area contributed by atoms with Crippen molar-refractivity contribution in [1.29, 1.82) is 0 Å². The Balaban J connectivity index is 1.61. The van der Waals surface area contributed by atoms with Gasteiger partial charge in [0.25, 0.3) is 0 Å². The highest BCUT2D eigenvalue weighted by atomic mass is 35.5. The fraction of sp³-hybridized carbons (Fsp3) is 0.526. The highest BCUT2D eigenvalue weighted by molar-refractivity contribution is 6.31. The predicted octanol–water partition coefficient (Wildman–Crippen LogP) is 2.75. The van der Waals surface area contributed by atoms with Gasteiger partial charge in [-0.2, -0.15) is 5.10 Å². The first-order valence-corrected chi connectivity index (χ1v) is 9.88. The highest BCUT2D eigenvalue weighted by Crippen LogP contribution is 2.19. The number of nitrogens with zero attached hydrogens (tertiary/aromatic N) is 4. The van der Waals surface area contributed by atoms with Crippen molar-refractivity contribution in [3.05, 3.63) is 46.3 Å². The van der Waals surface area contributed by atoms with Crippen molar-refractivity contribution in [1.82, 2.24) is 25.4 Å². The molecule has 146 valence electrons. The Morgan fingerprint density at radius 1 is 1.41 bits per heavy atom. The van der Waals surface area contributed by atoms with Gasteiger partial charge in [0.1, 0.15) is 11.6 Å². The topological polar surface area (TPSA) is 67.1 Å². The average molecular weight is 393 g/mol. The Morgan fingerprint density at radius 3 is 3.00 bits per heavy atom. The second-order valence-electron chi connectivity index (χ2n) is 6.57. The third-order valence-corrected chi connectivity index (χ3v) is 4.95. The van der Waals surface area contributed by atoms with Crippen LogP contribution in [0.15, 0.2) is 23.2 Å². The molecule has 1 aromatic carbocycles. The number of rotatable bonds is 6. The minimum Gasteiger partial charge on any atom is -0.357 e. The standard InChI is InChI=1S/C19H26ClFN6/c1-3-17-25-18-9-8-13(12-27(18)26-17)24-19(22-4-2)23-11-10-14-15(20)6-5-7-16(14)21/h5-7,13H,3-4,8-12H2,1-2H3,(H2,22,23,24). The first kappa shape index (κ1) is 19.6. The van der Waals surface area contributed by atoms with Crippen LogP contribution in [0.3, 0.4) is 0 Å². The lowest BCUT2D eigenvalue weighted by Gasteiger charge is -2.25. The Labute approximate surface area is 164 Å². The Morgan fingerprint density at radius 2 is 2.26 bits per heavy atom. The monoisotopic (exact) mass is 392 g/mol. The summed E-state index contributed by atoms with van der Waals surface area (Å²) in [4.78, 5) is 9.14. The van der Waals surface area contributed by atoms with Crippen LogP contribution in [0.5, 0.6) is 0 Å². The minimum absolute atomic E-state index is 0.235. The molecule has 27 heavy (non-hydrogen) atoms. The van der Waals surface area contributed by atoms with Crippen molar-refractivity contribution in [3.63, 3.8) is 0 Å². The van der Waals surface area contributed by atoms with Crippen LogP contribution in [0.1, 0.15) is 37.5 Å². The quantitative estimate of drug-likeness (QED) is 0.586. The zero-order valence-corrected chi connectivity index (χ0v) is 16.6. The van der Waals surface area contributed by atoms with Crippen LogP contribution in [0.2, 0.25) is 5.02 Å². The van der Waals surface area contributed by atoms with Crippen LogP contribution in [-0.4, -0.2) is 39.9 Å². The third kappa shape index (κ3) is 4.97. The van der Waals surface area contributed by atoms with Crippen LogP contribution >= 0.6 is 11.6 Å². The fourth-order valence-corrected chi connectivity index (χ4v) is 3.45. The summed E-state index contributed by atoms with van der Waals surface area (Å²) in [5.41, 5.74) is 0.510. The molecule has 0 aliphatic carbocycles. The molecule has 0 saturated carbocycles. The third-order valence-electron chi connectivity index (χ3n) is 4.60. The van der Waals surface area contributed by atoms with Gasteiger partial charge in [0.15, 0.2) is 11.8 Å². The van der Waals surface area contributed by atoms with Crippen molar-refractivity contribution in [2.45, 2.75) is 52.1 Å². The molecule has 0 saturated heterocycles. The molecule has 3 rings (SSSR count). The molecule has 0 bridgehead atoms. The normalized spacial score (nSPS) is 16.9. The lowest BCUT2D eigenvalue weighted by Crippen LogP contribution is -2.47. The van der Waals surface area contributed by atoms with Gasteiger partial charge in [0.05, 0.1) is 6.54 Å². The Hall–Kier alpha value is -2.15. The van der Waals surface area contributed by atoms with Gasteiger partial charge in [-0.25, -0.2) is 14.1 Å². The molecule has 0 radical (unpaired) electrons. The molecule has 0 fully saturated rings. The van der Waals surface area contributed by atoms with Crippen LogP contribution in [0.25, 0.3) is 0 Å². The molecule has 1 unspecified atom stereocenters. The number of guanidine groups is 1. The average Bonchev–Trinajstić information content (AvgIpc) is 3.07. The van der Waals surface area contributed by atoms with Crippen molar-refractivity contribution in [2.75, 3.05) is 13.1 Å². The molecular weight excluding hydrogens is 367 g/mol. The van der Waals surface area contributed by atoms with Gasteiger partial charge in [-0.1, -0.05) is 24.6 Å². The highest BCUT2D eigenvalue weighted by Gasteiger charge is 2.22. The Bertz CT molecular complexity index is 783. The van der Waals surface area contributed by atoms with Crippen LogP contribution in [0.4, 0.5) is 4.39 Å². The SMILES string of the molecule is CCNC(=NCCc1c(F)cccc1Cl)NC1CCc2nc(CC)nn2C1. The van der Waals surface area contributed by atoms with Crippen molar-refractivity contribution in [3.8, 4) is 0 Å². The summed E-state index contributed by atoms with van der Waals surface area (Å²) in [6.45, 7) is 6.07. The van der Waals surface area contributed by atoms with Gasteiger partial charge < -0.3 is 10.6 Å². The van der Waals surface area contributed by atoms with E-state index in [1.807, 2.05) is 11.6 Å². The van der Waals surface area contributed by atoms with Crippen LogP contribution < -0.4 is 10.6 Å². The molecule has 6 nitrogen and oxygen atoms in total. The minimum atomic E-state index is -0.284. The van der Waals surface area contributed by atoms with Crippen molar-refractivity contribution < 1.29 is 4.39 Å². The van der Waals surface area contributed by atoms with E-state index in [0.717, 1.165) is 50.0 Å². The lowest BCUT2D eigenvalue weighted by atomic mass is 10.1. The van der Waals surface area contributed by atoms with E-state index in [4.69, 9.17) is 11.6 Å². The van der Waals surface area contributed by atoms with E-state index in [0.29, 0.717) is 23.6 Å². The molecule has 2 N–H and O–H groups in total. The summed E-state index contributed by atoms with van der Waals surface area (Å²) in [5.74, 6) is 2.40. The van der Waals surface area contributed by atoms with Gasteiger partial charge in [-0.15, -0.1) is 0 Å². The summed E-state index contributed by atoms with van der Waals surface area (Å²) in [5, 5.41) is 11.7. The zero-order valence-electron chi connectivity index (χ0n) is 15.8. The van der Waals surface area contributed by atoms with Crippen molar-refractivity contribution >= 4 is 17.6 Å². The number of aliphatic imine (C=N–C) groups is 1. The van der Waals surface area contributed by atoms with Crippen LogP contribution in [-0.2, 0) is 25.8 Å². The number of nitrogens with one attached hydrogen (secondary N) is 2. The van der Waals surface area contributed by atoms with E-state index in [-0.39, 0.29) is 11.9 Å². The summed E-state index contributed by atoms with van der Waals surface area (Å²) >= 11 is 6.09. The summed E-state index contributed by atoms with van der Waals surface area (Å²) < 4.78 is 15.9. The molecule has 0 amide bonds. The molecule has 1 aliphatic heterocycles. The maximum absolute atomic E-state index is 13.9. The maximum Gasteiger partial charge on any atom is 0.191 e. The Kier molecular flexibility index (Phi) is 6.66. The number of aromatic nitrogens is 3. The van der Waals surface area contributed by atoms with E-state index < -0.39 is 0 Å². The molecule has 8 heteroatoms. The number of fused-ring (bicyclic) bond motifs is 1. The van der Waals surface area contributed by atoms with Gasteiger partial charge in [-0.3, -0.25) is 4.99 Å². The first-order chi connectivity index (χ1) is 13.1. The van der Waals surface area contributed by atoms with Gasteiger partial charge in [0, 0.05) is 42.6 Å². The fourth-order valence-electron chi connectivity index (χ4n) is 3.19. The second kappa shape index (κ2) is 9.17. The number of halogens is 2. The summed E-state index contributed by atoms with van der Waals surface area (Å²) in [6, 6.07) is 4.98. The van der Waals surface area contributed by atoms with Gasteiger partial charge in [-0.05, 0) is 31.9 Å². The molecule has 1 aliphatic rings. The molecule has 1 aromatic heterocycles. The van der Waals surface area contributed by atoms with Gasteiger partial charge in [0.2, 0.25) is 0 Å². The van der Waals surface area contributed by atoms with E-state index in [1.165, 1.54) is 6.07 Å². The molecule has 0 spiro atoms. The number of benzene rings is 1. The van der Waals surface area contributed by atoms with Crippen molar-refractivity contribution in [2.24, 2.45) is 4.99 Å². The molecule has 2 aromatic rings.